The van der Waals surface area contributed by atoms with Crippen molar-refractivity contribution < 1.29 is 4.74 Å². The molecule has 1 aromatic heterocycles. The third-order valence-electron chi connectivity index (χ3n) is 2.50. The SMILES string of the molecule is CCOc1cncc(CCNC2CC2)c1. The lowest BCUT2D eigenvalue weighted by molar-refractivity contribution is 0.338. The minimum Gasteiger partial charge on any atom is -0.492 e. The van der Waals surface area contributed by atoms with Gasteiger partial charge in [0, 0.05) is 12.2 Å². The molecule has 1 heterocycles. The Hall–Kier alpha value is -1.09. The molecule has 15 heavy (non-hydrogen) atoms. The van der Waals surface area contributed by atoms with Crippen molar-refractivity contribution in [2.45, 2.75) is 32.2 Å². The average molecular weight is 206 g/mol. The van der Waals surface area contributed by atoms with E-state index in [4.69, 9.17) is 4.74 Å². The molecule has 1 aliphatic carbocycles. The van der Waals surface area contributed by atoms with Gasteiger partial charge in [-0.1, -0.05) is 0 Å². The van der Waals surface area contributed by atoms with Gasteiger partial charge in [-0.3, -0.25) is 4.98 Å². The van der Waals surface area contributed by atoms with Crippen LogP contribution in [-0.4, -0.2) is 24.2 Å². The molecule has 1 fully saturated rings. The Balaban J connectivity index is 1.80. The highest BCUT2D eigenvalue weighted by Crippen LogP contribution is 2.18. The van der Waals surface area contributed by atoms with Crippen molar-refractivity contribution in [3.8, 4) is 5.75 Å². The van der Waals surface area contributed by atoms with Crippen LogP contribution in [0, 0.1) is 0 Å². The highest BCUT2D eigenvalue weighted by molar-refractivity contribution is 5.23. The van der Waals surface area contributed by atoms with Crippen molar-refractivity contribution in [2.75, 3.05) is 13.2 Å². The van der Waals surface area contributed by atoms with Crippen molar-refractivity contribution in [2.24, 2.45) is 0 Å². The van der Waals surface area contributed by atoms with Crippen molar-refractivity contribution >= 4 is 0 Å². The number of nitrogens with one attached hydrogen (secondary N) is 1. The van der Waals surface area contributed by atoms with Crippen LogP contribution in [0.4, 0.5) is 0 Å². The highest BCUT2D eigenvalue weighted by Gasteiger charge is 2.19. The van der Waals surface area contributed by atoms with Gasteiger partial charge in [-0.15, -0.1) is 0 Å². The second-order valence-corrected chi connectivity index (χ2v) is 3.94. The maximum absolute atomic E-state index is 5.40. The molecular formula is C12H18N2O. The molecular weight excluding hydrogens is 188 g/mol. The number of rotatable bonds is 6. The summed E-state index contributed by atoms with van der Waals surface area (Å²) in [5.41, 5.74) is 1.24. The van der Waals surface area contributed by atoms with Gasteiger partial charge in [0.1, 0.15) is 5.75 Å². The maximum Gasteiger partial charge on any atom is 0.137 e. The van der Waals surface area contributed by atoms with Gasteiger partial charge >= 0.3 is 0 Å². The predicted molar refractivity (Wildman–Crippen MR) is 60.1 cm³/mol. The smallest absolute Gasteiger partial charge is 0.137 e. The zero-order valence-electron chi connectivity index (χ0n) is 9.20. The van der Waals surface area contributed by atoms with Crippen molar-refractivity contribution in [3.63, 3.8) is 0 Å². The zero-order valence-corrected chi connectivity index (χ0v) is 9.20. The fraction of sp³-hybridized carbons (Fsp3) is 0.583. The van der Waals surface area contributed by atoms with Crippen molar-refractivity contribution in [1.82, 2.24) is 10.3 Å². The summed E-state index contributed by atoms with van der Waals surface area (Å²) in [6.45, 7) is 3.73. The van der Waals surface area contributed by atoms with Crippen LogP contribution in [0.5, 0.6) is 5.75 Å². The van der Waals surface area contributed by atoms with E-state index in [1.165, 1.54) is 18.4 Å². The fourth-order valence-electron chi connectivity index (χ4n) is 1.55. The number of hydrogen-bond acceptors (Lipinski definition) is 3. The molecule has 1 aromatic rings. The second-order valence-electron chi connectivity index (χ2n) is 3.94. The van der Waals surface area contributed by atoms with Gasteiger partial charge in [-0.05, 0) is 44.4 Å². The van der Waals surface area contributed by atoms with Crippen molar-refractivity contribution in [3.05, 3.63) is 24.0 Å². The molecule has 0 saturated heterocycles. The molecule has 0 aromatic carbocycles. The molecule has 1 aliphatic rings. The molecule has 1 saturated carbocycles. The first-order chi connectivity index (χ1) is 7.38. The molecule has 1 N–H and O–H groups in total. The first kappa shape index (κ1) is 10.4. The van der Waals surface area contributed by atoms with Gasteiger partial charge < -0.3 is 10.1 Å². The van der Waals surface area contributed by atoms with Crippen LogP contribution < -0.4 is 10.1 Å². The normalized spacial score (nSPS) is 15.3. The number of nitrogens with zero attached hydrogens (tertiary/aromatic N) is 1. The van der Waals surface area contributed by atoms with E-state index in [1.807, 2.05) is 13.1 Å². The van der Waals surface area contributed by atoms with Crippen LogP contribution in [0.15, 0.2) is 18.5 Å². The summed E-state index contributed by atoms with van der Waals surface area (Å²) in [7, 11) is 0. The second kappa shape index (κ2) is 5.12. The molecule has 3 nitrogen and oxygen atoms in total. The number of pyridine rings is 1. The minimum absolute atomic E-state index is 0.700. The first-order valence-electron chi connectivity index (χ1n) is 5.68. The summed E-state index contributed by atoms with van der Waals surface area (Å²) in [6.07, 6.45) is 7.40. The van der Waals surface area contributed by atoms with Gasteiger partial charge in [-0.2, -0.15) is 0 Å². The lowest BCUT2D eigenvalue weighted by Gasteiger charge is -2.05. The third kappa shape index (κ3) is 3.51. The molecule has 0 unspecified atom stereocenters. The van der Waals surface area contributed by atoms with Gasteiger partial charge in [0.05, 0.1) is 12.8 Å². The minimum atomic E-state index is 0.700. The molecule has 82 valence electrons. The average Bonchev–Trinajstić information content (AvgIpc) is 3.03. The summed E-state index contributed by atoms with van der Waals surface area (Å²) in [5.74, 6) is 0.876. The molecule has 0 atom stereocenters. The van der Waals surface area contributed by atoms with E-state index in [-0.39, 0.29) is 0 Å². The summed E-state index contributed by atoms with van der Waals surface area (Å²) in [5, 5.41) is 3.49. The van der Waals surface area contributed by atoms with Crippen LogP contribution in [-0.2, 0) is 6.42 Å². The largest absolute Gasteiger partial charge is 0.492 e. The molecule has 0 radical (unpaired) electrons. The quantitative estimate of drug-likeness (QED) is 0.770. The van der Waals surface area contributed by atoms with Crippen LogP contribution in [0.25, 0.3) is 0 Å². The Bertz CT molecular complexity index is 310. The number of ether oxygens (including phenoxy) is 1. The van der Waals surface area contributed by atoms with E-state index in [1.54, 1.807) is 6.20 Å². The number of aromatic nitrogens is 1. The Kier molecular flexibility index (Phi) is 3.56. The topological polar surface area (TPSA) is 34.1 Å². The van der Waals surface area contributed by atoms with E-state index in [0.29, 0.717) is 6.61 Å². The standard InChI is InChI=1S/C12H18N2O/c1-2-15-12-7-10(8-13-9-12)5-6-14-11-3-4-11/h7-9,11,14H,2-6H2,1H3. The summed E-state index contributed by atoms with van der Waals surface area (Å²) < 4.78 is 5.40. The van der Waals surface area contributed by atoms with Crippen LogP contribution in [0.3, 0.4) is 0 Å². The van der Waals surface area contributed by atoms with E-state index in [9.17, 15) is 0 Å². The molecule has 0 amide bonds. The van der Waals surface area contributed by atoms with Gasteiger partial charge in [0.25, 0.3) is 0 Å². The Morgan fingerprint density at radius 2 is 2.33 bits per heavy atom. The molecule has 0 aliphatic heterocycles. The lowest BCUT2D eigenvalue weighted by Crippen LogP contribution is -2.19. The summed E-state index contributed by atoms with van der Waals surface area (Å²) in [6, 6.07) is 2.86. The predicted octanol–water partition coefficient (Wildman–Crippen LogP) is 1.77. The van der Waals surface area contributed by atoms with Gasteiger partial charge in [0.15, 0.2) is 0 Å². The Morgan fingerprint density at radius 1 is 1.47 bits per heavy atom. The Labute approximate surface area is 90.9 Å². The summed E-state index contributed by atoms with van der Waals surface area (Å²) >= 11 is 0. The van der Waals surface area contributed by atoms with E-state index >= 15 is 0 Å². The number of hydrogen-bond donors (Lipinski definition) is 1. The molecule has 0 spiro atoms. The summed E-state index contributed by atoms with van der Waals surface area (Å²) in [4.78, 5) is 4.16. The Morgan fingerprint density at radius 3 is 3.07 bits per heavy atom. The lowest BCUT2D eigenvalue weighted by atomic mass is 10.2. The third-order valence-corrected chi connectivity index (χ3v) is 2.50. The van der Waals surface area contributed by atoms with Gasteiger partial charge in [-0.25, -0.2) is 0 Å². The van der Waals surface area contributed by atoms with E-state index in [2.05, 4.69) is 16.4 Å². The zero-order chi connectivity index (χ0) is 10.5. The molecule has 2 rings (SSSR count). The van der Waals surface area contributed by atoms with Crippen LogP contribution in [0.2, 0.25) is 0 Å². The fourth-order valence-corrected chi connectivity index (χ4v) is 1.55. The first-order valence-corrected chi connectivity index (χ1v) is 5.68. The van der Waals surface area contributed by atoms with Crippen LogP contribution in [0.1, 0.15) is 25.3 Å². The van der Waals surface area contributed by atoms with Gasteiger partial charge in [0.2, 0.25) is 0 Å². The molecule has 3 heteroatoms. The van der Waals surface area contributed by atoms with E-state index in [0.717, 1.165) is 24.8 Å². The monoisotopic (exact) mass is 206 g/mol. The molecule has 0 bridgehead atoms. The van der Waals surface area contributed by atoms with Crippen LogP contribution >= 0.6 is 0 Å². The maximum atomic E-state index is 5.40. The highest BCUT2D eigenvalue weighted by atomic mass is 16.5. The van der Waals surface area contributed by atoms with Crippen molar-refractivity contribution in [1.29, 1.82) is 0 Å². The van der Waals surface area contributed by atoms with E-state index < -0.39 is 0 Å².